The van der Waals surface area contributed by atoms with E-state index in [0.717, 1.165) is 11.3 Å². The molecule has 0 atom stereocenters. The third-order valence-corrected chi connectivity index (χ3v) is 3.38. The van der Waals surface area contributed by atoms with Gasteiger partial charge in [0.25, 0.3) is 0 Å². The molecule has 3 nitrogen and oxygen atoms in total. The van der Waals surface area contributed by atoms with Gasteiger partial charge in [-0.25, -0.2) is 4.79 Å². The van der Waals surface area contributed by atoms with E-state index in [1.807, 2.05) is 30.5 Å². The van der Waals surface area contributed by atoms with Crippen LogP contribution in [0.2, 0.25) is 0 Å². The number of esters is 1. The minimum atomic E-state index is -0.313. The van der Waals surface area contributed by atoms with Crippen LogP contribution in [0, 0.1) is 6.92 Å². The zero-order valence-corrected chi connectivity index (χ0v) is 11.2. The highest BCUT2D eigenvalue weighted by atomic mass is 32.1. The van der Waals surface area contributed by atoms with E-state index in [-0.39, 0.29) is 5.97 Å². The van der Waals surface area contributed by atoms with Gasteiger partial charge in [-0.3, -0.25) is 0 Å². The van der Waals surface area contributed by atoms with Gasteiger partial charge in [0.05, 0.1) is 12.7 Å². The predicted octanol–water partition coefficient (Wildman–Crippen LogP) is 3.46. The summed E-state index contributed by atoms with van der Waals surface area (Å²) in [4.78, 5) is 11.7. The van der Waals surface area contributed by atoms with Crippen LogP contribution in [-0.4, -0.2) is 13.1 Å². The van der Waals surface area contributed by atoms with Gasteiger partial charge in [0.15, 0.2) is 0 Å². The van der Waals surface area contributed by atoms with Gasteiger partial charge in [-0.2, -0.15) is 11.3 Å². The SMILES string of the molecule is COC(=O)c1cc(C)ccc1NCc1ccsc1. The number of nitrogens with one attached hydrogen (secondary N) is 1. The lowest BCUT2D eigenvalue weighted by Crippen LogP contribution is -2.08. The second-order valence-corrected chi connectivity index (χ2v) is 4.81. The second-order valence-electron chi connectivity index (χ2n) is 4.03. The molecule has 0 spiro atoms. The minimum absolute atomic E-state index is 0.313. The molecule has 0 unspecified atom stereocenters. The maximum absolute atomic E-state index is 11.7. The topological polar surface area (TPSA) is 38.3 Å². The van der Waals surface area contributed by atoms with E-state index in [2.05, 4.69) is 16.8 Å². The van der Waals surface area contributed by atoms with Gasteiger partial charge in [0.2, 0.25) is 0 Å². The molecular weight excluding hydrogens is 246 g/mol. The summed E-state index contributed by atoms with van der Waals surface area (Å²) < 4.78 is 4.79. The molecule has 1 N–H and O–H groups in total. The number of methoxy groups -OCH3 is 1. The van der Waals surface area contributed by atoms with Gasteiger partial charge >= 0.3 is 5.97 Å². The van der Waals surface area contributed by atoms with Gasteiger partial charge in [-0.05, 0) is 41.4 Å². The van der Waals surface area contributed by atoms with Crippen molar-refractivity contribution in [2.75, 3.05) is 12.4 Å². The number of aryl methyl sites for hydroxylation is 1. The first-order valence-electron chi connectivity index (χ1n) is 5.64. The maximum Gasteiger partial charge on any atom is 0.339 e. The molecule has 2 rings (SSSR count). The van der Waals surface area contributed by atoms with Crippen molar-refractivity contribution >= 4 is 23.0 Å². The van der Waals surface area contributed by atoms with Crippen molar-refractivity contribution in [1.29, 1.82) is 0 Å². The molecule has 0 bridgehead atoms. The Morgan fingerprint density at radius 3 is 2.89 bits per heavy atom. The van der Waals surface area contributed by atoms with Crippen LogP contribution in [0.5, 0.6) is 0 Å². The van der Waals surface area contributed by atoms with Crippen LogP contribution < -0.4 is 5.32 Å². The first-order chi connectivity index (χ1) is 8.70. The molecule has 18 heavy (non-hydrogen) atoms. The molecule has 0 aliphatic carbocycles. The Labute approximate surface area is 110 Å². The fourth-order valence-electron chi connectivity index (χ4n) is 1.68. The number of thiophene rings is 1. The Morgan fingerprint density at radius 1 is 1.39 bits per heavy atom. The van der Waals surface area contributed by atoms with Crippen LogP contribution in [0.15, 0.2) is 35.0 Å². The number of anilines is 1. The van der Waals surface area contributed by atoms with Gasteiger partial charge in [0, 0.05) is 12.2 Å². The number of rotatable bonds is 4. The summed E-state index contributed by atoms with van der Waals surface area (Å²) in [6.07, 6.45) is 0. The average molecular weight is 261 g/mol. The van der Waals surface area contributed by atoms with E-state index in [4.69, 9.17) is 4.74 Å². The van der Waals surface area contributed by atoms with Crippen molar-refractivity contribution in [1.82, 2.24) is 0 Å². The molecule has 94 valence electrons. The molecule has 2 aromatic rings. The molecule has 0 amide bonds. The number of hydrogen-bond acceptors (Lipinski definition) is 4. The summed E-state index contributed by atoms with van der Waals surface area (Å²) in [7, 11) is 1.40. The molecule has 0 aliphatic heterocycles. The van der Waals surface area contributed by atoms with Crippen molar-refractivity contribution in [3.8, 4) is 0 Å². The number of carbonyl (C=O) groups excluding carboxylic acids is 1. The Balaban J connectivity index is 2.18. The molecule has 1 aromatic heterocycles. The van der Waals surface area contributed by atoms with Crippen molar-refractivity contribution in [2.24, 2.45) is 0 Å². The summed E-state index contributed by atoms with van der Waals surface area (Å²) >= 11 is 1.66. The molecule has 0 radical (unpaired) electrons. The second kappa shape index (κ2) is 5.69. The van der Waals surface area contributed by atoms with Gasteiger partial charge in [0.1, 0.15) is 0 Å². The third-order valence-electron chi connectivity index (χ3n) is 2.64. The summed E-state index contributed by atoms with van der Waals surface area (Å²) in [5, 5.41) is 7.38. The Kier molecular flexibility index (Phi) is 3.99. The van der Waals surface area contributed by atoms with Crippen LogP contribution >= 0.6 is 11.3 Å². The van der Waals surface area contributed by atoms with E-state index in [1.54, 1.807) is 11.3 Å². The highest BCUT2D eigenvalue weighted by Gasteiger charge is 2.11. The standard InChI is InChI=1S/C14H15NO2S/c1-10-3-4-13(12(7-10)14(16)17-2)15-8-11-5-6-18-9-11/h3-7,9,15H,8H2,1-2H3. The largest absolute Gasteiger partial charge is 0.465 e. The fraction of sp³-hybridized carbons (Fsp3) is 0.214. The van der Waals surface area contributed by atoms with Crippen LogP contribution in [0.1, 0.15) is 21.5 Å². The normalized spacial score (nSPS) is 10.1. The Morgan fingerprint density at radius 2 is 2.22 bits per heavy atom. The number of benzene rings is 1. The first kappa shape index (κ1) is 12.6. The van der Waals surface area contributed by atoms with Crippen LogP contribution in [-0.2, 0) is 11.3 Å². The minimum Gasteiger partial charge on any atom is -0.465 e. The van der Waals surface area contributed by atoms with E-state index >= 15 is 0 Å². The number of hydrogen-bond donors (Lipinski definition) is 1. The molecule has 0 saturated carbocycles. The molecule has 0 fully saturated rings. The first-order valence-corrected chi connectivity index (χ1v) is 6.59. The van der Waals surface area contributed by atoms with E-state index < -0.39 is 0 Å². The monoisotopic (exact) mass is 261 g/mol. The number of carbonyl (C=O) groups is 1. The van der Waals surface area contributed by atoms with E-state index in [1.165, 1.54) is 12.7 Å². The Bertz CT molecular complexity index is 535. The molecule has 4 heteroatoms. The number of ether oxygens (including phenoxy) is 1. The molecule has 1 aromatic carbocycles. The third kappa shape index (κ3) is 2.90. The summed E-state index contributed by atoms with van der Waals surface area (Å²) in [5.41, 5.74) is 3.62. The molecule has 0 aliphatic rings. The summed E-state index contributed by atoms with van der Waals surface area (Å²) in [6, 6.07) is 7.78. The smallest absolute Gasteiger partial charge is 0.339 e. The van der Waals surface area contributed by atoms with E-state index in [9.17, 15) is 4.79 Å². The average Bonchev–Trinajstić information content (AvgIpc) is 2.89. The Hall–Kier alpha value is -1.81. The lowest BCUT2D eigenvalue weighted by molar-refractivity contribution is 0.0601. The quantitative estimate of drug-likeness (QED) is 0.857. The van der Waals surface area contributed by atoms with Gasteiger partial charge in [-0.1, -0.05) is 11.6 Å². The van der Waals surface area contributed by atoms with Crippen molar-refractivity contribution in [2.45, 2.75) is 13.5 Å². The van der Waals surface area contributed by atoms with Crippen molar-refractivity contribution in [3.05, 3.63) is 51.7 Å². The van der Waals surface area contributed by atoms with Crippen LogP contribution in [0.25, 0.3) is 0 Å². The van der Waals surface area contributed by atoms with E-state index in [0.29, 0.717) is 12.1 Å². The fourth-order valence-corrected chi connectivity index (χ4v) is 2.35. The predicted molar refractivity (Wildman–Crippen MR) is 74.2 cm³/mol. The maximum atomic E-state index is 11.7. The highest BCUT2D eigenvalue weighted by molar-refractivity contribution is 7.07. The highest BCUT2D eigenvalue weighted by Crippen LogP contribution is 2.19. The zero-order valence-electron chi connectivity index (χ0n) is 10.4. The van der Waals surface area contributed by atoms with Gasteiger partial charge < -0.3 is 10.1 Å². The lowest BCUT2D eigenvalue weighted by atomic mass is 10.1. The summed E-state index contributed by atoms with van der Waals surface area (Å²) in [6.45, 7) is 2.66. The van der Waals surface area contributed by atoms with Crippen LogP contribution in [0.4, 0.5) is 5.69 Å². The summed E-state index contributed by atoms with van der Waals surface area (Å²) in [5.74, 6) is -0.313. The lowest BCUT2D eigenvalue weighted by Gasteiger charge is -2.11. The zero-order chi connectivity index (χ0) is 13.0. The molecule has 0 saturated heterocycles. The molecule has 1 heterocycles. The molecular formula is C14H15NO2S. The van der Waals surface area contributed by atoms with Crippen LogP contribution in [0.3, 0.4) is 0 Å². The van der Waals surface area contributed by atoms with Crippen molar-refractivity contribution < 1.29 is 9.53 Å². The van der Waals surface area contributed by atoms with Gasteiger partial charge in [-0.15, -0.1) is 0 Å². The van der Waals surface area contributed by atoms with Crippen molar-refractivity contribution in [3.63, 3.8) is 0 Å².